The van der Waals surface area contributed by atoms with Gasteiger partial charge < -0.3 is 15.2 Å². The number of nitrogens with two attached hydrogens (primary N) is 1. The largest absolute Gasteiger partial charge is 0.496 e. The van der Waals surface area contributed by atoms with E-state index in [0.29, 0.717) is 17.2 Å². The van der Waals surface area contributed by atoms with Crippen LogP contribution < -0.4 is 15.2 Å². The molecule has 1 aliphatic heterocycles. The average Bonchev–Trinajstić information content (AvgIpc) is 3.03. The molecule has 1 aliphatic rings. The van der Waals surface area contributed by atoms with E-state index in [4.69, 9.17) is 15.2 Å². The molecule has 28 heavy (non-hydrogen) atoms. The van der Waals surface area contributed by atoms with Crippen molar-refractivity contribution in [2.75, 3.05) is 7.11 Å². The van der Waals surface area contributed by atoms with Gasteiger partial charge in [-0.25, -0.2) is 4.68 Å². The zero-order valence-electron chi connectivity index (χ0n) is 15.3. The Morgan fingerprint density at radius 3 is 2.61 bits per heavy atom. The number of nitriles is 1. The Morgan fingerprint density at radius 1 is 1.21 bits per heavy atom. The van der Waals surface area contributed by atoms with Crippen molar-refractivity contribution in [2.24, 2.45) is 5.73 Å². The van der Waals surface area contributed by atoms with E-state index in [1.54, 1.807) is 11.8 Å². The second-order valence-electron chi connectivity index (χ2n) is 6.36. The third-order valence-electron chi connectivity index (χ3n) is 4.75. The highest BCUT2D eigenvalue weighted by Crippen LogP contribution is 2.46. The number of aromatic nitrogens is 2. The number of benzene rings is 2. The minimum atomic E-state index is -0.422. The smallest absolute Gasteiger partial charge is 0.229 e. The molecule has 0 radical (unpaired) electrons. The van der Waals surface area contributed by atoms with Gasteiger partial charge in [0.1, 0.15) is 17.4 Å². The van der Waals surface area contributed by atoms with Crippen molar-refractivity contribution in [1.82, 2.24) is 9.78 Å². The van der Waals surface area contributed by atoms with Crippen LogP contribution in [0.5, 0.6) is 11.6 Å². The van der Waals surface area contributed by atoms with Crippen molar-refractivity contribution in [3.05, 3.63) is 81.3 Å². The van der Waals surface area contributed by atoms with Crippen LogP contribution in [0, 0.1) is 18.3 Å². The Labute approximate surface area is 170 Å². The first-order chi connectivity index (χ1) is 13.5. The van der Waals surface area contributed by atoms with Crippen molar-refractivity contribution in [3.8, 4) is 23.4 Å². The predicted molar refractivity (Wildman–Crippen MR) is 108 cm³/mol. The number of ether oxygens (including phenoxy) is 2. The van der Waals surface area contributed by atoms with E-state index < -0.39 is 5.92 Å². The zero-order chi connectivity index (χ0) is 19.8. The summed E-state index contributed by atoms with van der Waals surface area (Å²) in [5, 5.41) is 14.5. The molecule has 2 aromatic carbocycles. The van der Waals surface area contributed by atoms with E-state index in [2.05, 4.69) is 27.1 Å². The van der Waals surface area contributed by atoms with Gasteiger partial charge in [0.2, 0.25) is 11.8 Å². The summed E-state index contributed by atoms with van der Waals surface area (Å²) in [6, 6.07) is 17.5. The van der Waals surface area contributed by atoms with E-state index in [9.17, 15) is 5.26 Å². The molecule has 2 heterocycles. The molecule has 1 atom stereocenters. The number of aryl methyl sites for hydroxylation is 1. The highest BCUT2D eigenvalue weighted by molar-refractivity contribution is 9.10. The number of halogens is 1. The van der Waals surface area contributed by atoms with Crippen LogP contribution in [0.25, 0.3) is 5.69 Å². The summed E-state index contributed by atoms with van der Waals surface area (Å²) >= 11 is 3.44. The van der Waals surface area contributed by atoms with E-state index in [1.807, 2.05) is 55.5 Å². The standard InChI is InChI=1S/C21H17BrN4O2/c1-12-18-19(15-5-3-4-6-17(15)27-2)16(11-23)20(24)28-21(18)26(25-12)14-9-7-13(22)8-10-14/h3-10,19H,24H2,1-2H3/t19-/m1/s1. The number of fused-ring (bicyclic) bond motifs is 1. The van der Waals surface area contributed by atoms with Gasteiger partial charge in [0.05, 0.1) is 30.0 Å². The molecule has 0 aliphatic carbocycles. The molecule has 0 saturated heterocycles. The van der Waals surface area contributed by atoms with Crippen LogP contribution in [0.1, 0.15) is 22.7 Å². The van der Waals surface area contributed by atoms with Gasteiger partial charge in [-0.05, 0) is 37.3 Å². The Bertz CT molecular complexity index is 1130. The molecule has 0 amide bonds. The lowest BCUT2D eigenvalue weighted by Gasteiger charge is -2.26. The number of nitrogens with zero attached hydrogens (tertiary/aromatic N) is 3. The van der Waals surface area contributed by atoms with Crippen LogP contribution in [-0.2, 0) is 0 Å². The number of allylic oxidation sites excluding steroid dienone is 1. The van der Waals surface area contributed by atoms with Crippen molar-refractivity contribution in [2.45, 2.75) is 12.8 Å². The molecule has 0 bridgehead atoms. The summed E-state index contributed by atoms with van der Waals surface area (Å²) in [5.74, 6) is 0.835. The topological polar surface area (TPSA) is 86.1 Å². The molecule has 3 aromatic rings. The van der Waals surface area contributed by atoms with Gasteiger partial charge in [0.15, 0.2) is 0 Å². The molecule has 0 saturated carbocycles. The van der Waals surface area contributed by atoms with Crippen molar-refractivity contribution < 1.29 is 9.47 Å². The van der Waals surface area contributed by atoms with Crippen molar-refractivity contribution in [3.63, 3.8) is 0 Å². The second-order valence-corrected chi connectivity index (χ2v) is 7.27. The van der Waals surface area contributed by atoms with Gasteiger partial charge in [0, 0.05) is 10.0 Å². The minimum Gasteiger partial charge on any atom is -0.496 e. The monoisotopic (exact) mass is 436 g/mol. The van der Waals surface area contributed by atoms with E-state index in [1.165, 1.54) is 0 Å². The first-order valence-corrected chi connectivity index (χ1v) is 9.40. The molecule has 4 rings (SSSR count). The number of hydrogen-bond acceptors (Lipinski definition) is 5. The Balaban J connectivity index is 1.97. The molecule has 2 N–H and O–H groups in total. The van der Waals surface area contributed by atoms with E-state index in [-0.39, 0.29) is 5.88 Å². The van der Waals surface area contributed by atoms with Crippen LogP contribution in [-0.4, -0.2) is 16.9 Å². The second kappa shape index (κ2) is 7.06. The van der Waals surface area contributed by atoms with Crippen LogP contribution in [0.15, 0.2) is 64.5 Å². The molecule has 1 aromatic heterocycles. The normalized spacial score (nSPS) is 15.6. The summed E-state index contributed by atoms with van der Waals surface area (Å²) in [7, 11) is 1.61. The molecule has 0 fully saturated rings. The SMILES string of the molecule is COc1ccccc1[C@@H]1C(C#N)=C(N)Oc2c1c(C)nn2-c1ccc(Br)cc1. The van der Waals surface area contributed by atoms with Crippen LogP contribution in [0.2, 0.25) is 0 Å². The third-order valence-corrected chi connectivity index (χ3v) is 5.28. The highest BCUT2D eigenvalue weighted by Gasteiger charge is 2.37. The third kappa shape index (κ3) is 2.83. The fraction of sp³-hybridized carbons (Fsp3) is 0.143. The molecule has 6 nitrogen and oxygen atoms in total. The quantitative estimate of drug-likeness (QED) is 0.665. The number of methoxy groups -OCH3 is 1. The summed E-state index contributed by atoms with van der Waals surface area (Å²) in [5.41, 5.74) is 9.73. The predicted octanol–water partition coefficient (Wildman–Crippen LogP) is 4.17. The van der Waals surface area contributed by atoms with E-state index >= 15 is 0 Å². The van der Waals surface area contributed by atoms with Crippen LogP contribution in [0.3, 0.4) is 0 Å². The van der Waals surface area contributed by atoms with Gasteiger partial charge in [0.25, 0.3) is 0 Å². The van der Waals surface area contributed by atoms with Gasteiger partial charge in [-0.2, -0.15) is 10.4 Å². The first-order valence-electron chi connectivity index (χ1n) is 8.61. The number of rotatable bonds is 3. The molecular weight excluding hydrogens is 420 g/mol. The molecular formula is C21H17BrN4O2. The highest BCUT2D eigenvalue weighted by atomic mass is 79.9. The molecule has 0 unspecified atom stereocenters. The van der Waals surface area contributed by atoms with Crippen LogP contribution in [0.4, 0.5) is 0 Å². The number of hydrogen-bond donors (Lipinski definition) is 1. The summed E-state index contributed by atoms with van der Waals surface area (Å²) in [6.45, 7) is 1.90. The minimum absolute atomic E-state index is 0.0733. The summed E-state index contributed by atoms with van der Waals surface area (Å²) < 4.78 is 14.1. The van der Waals surface area contributed by atoms with Crippen LogP contribution >= 0.6 is 15.9 Å². The fourth-order valence-electron chi connectivity index (χ4n) is 3.49. The van der Waals surface area contributed by atoms with Crippen molar-refractivity contribution >= 4 is 15.9 Å². The van der Waals surface area contributed by atoms with E-state index in [0.717, 1.165) is 27.0 Å². The lowest BCUT2D eigenvalue weighted by atomic mass is 9.83. The Morgan fingerprint density at radius 2 is 1.93 bits per heavy atom. The lowest BCUT2D eigenvalue weighted by molar-refractivity contribution is 0.364. The maximum atomic E-state index is 9.79. The molecule has 7 heteroatoms. The maximum Gasteiger partial charge on any atom is 0.229 e. The van der Waals surface area contributed by atoms with Gasteiger partial charge in [-0.15, -0.1) is 0 Å². The lowest BCUT2D eigenvalue weighted by Crippen LogP contribution is -2.22. The summed E-state index contributed by atoms with van der Waals surface area (Å²) in [4.78, 5) is 0. The van der Waals surface area contributed by atoms with Crippen molar-refractivity contribution in [1.29, 1.82) is 5.26 Å². The zero-order valence-corrected chi connectivity index (χ0v) is 16.9. The fourth-order valence-corrected chi connectivity index (χ4v) is 3.75. The van der Waals surface area contributed by atoms with Gasteiger partial charge in [-0.1, -0.05) is 34.1 Å². The molecule has 0 spiro atoms. The molecule has 140 valence electrons. The van der Waals surface area contributed by atoms with Gasteiger partial charge in [-0.3, -0.25) is 0 Å². The average molecular weight is 437 g/mol. The first kappa shape index (κ1) is 18.1. The Hall–Kier alpha value is -3.24. The summed E-state index contributed by atoms with van der Waals surface area (Å²) in [6.07, 6.45) is 0. The van der Waals surface area contributed by atoms with Gasteiger partial charge >= 0.3 is 0 Å². The number of para-hydroxylation sites is 1. The Kier molecular flexibility index (Phi) is 4.57. The maximum absolute atomic E-state index is 9.79.